The average molecular weight is 287 g/mol. The van der Waals surface area contributed by atoms with Crippen LogP contribution in [0.2, 0.25) is 0 Å². The average Bonchev–Trinajstić information content (AvgIpc) is 2.27. The normalized spacial score (nSPS) is 19.5. The number of carbonyl (C=O) groups is 1. The van der Waals surface area contributed by atoms with Crippen LogP contribution in [0, 0.1) is 0 Å². The van der Waals surface area contributed by atoms with Gasteiger partial charge in [0, 0.05) is 13.1 Å². The van der Waals surface area contributed by atoms with Crippen LogP contribution in [-0.4, -0.2) is 24.8 Å². The van der Waals surface area contributed by atoms with Crippen LogP contribution < -0.4 is 5.09 Å². The molecule has 6 heteroatoms. The summed E-state index contributed by atoms with van der Waals surface area (Å²) in [6.07, 6.45) is 7.08. The van der Waals surface area contributed by atoms with Crippen molar-refractivity contribution in [3.63, 3.8) is 0 Å². The Morgan fingerprint density at radius 2 is 2.11 bits per heavy atom. The van der Waals surface area contributed by atoms with E-state index in [1.54, 1.807) is 26.8 Å². The molecule has 0 amide bonds. The van der Waals surface area contributed by atoms with Crippen LogP contribution >= 0.6 is 7.52 Å². The van der Waals surface area contributed by atoms with E-state index in [-0.39, 0.29) is 6.10 Å². The fourth-order valence-corrected chi connectivity index (χ4v) is 3.11. The van der Waals surface area contributed by atoms with E-state index in [2.05, 4.69) is 5.09 Å². The minimum absolute atomic E-state index is 0.194. The minimum atomic E-state index is -3.07. The van der Waals surface area contributed by atoms with Crippen molar-refractivity contribution in [3.05, 3.63) is 24.0 Å². The molecule has 0 aromatic rings. The number of carbonyl (C=O) groups excluding carboxylic acids is 1. The Kier molecular flexibility index (Phi) is 5.83. The van der Waals surface area contributed by atoms with Crippen molar-refractivity contribution in [2.75, 3.05) is 6.66 Å². The number of hydrogen-bond donors (Lipinski definition) is 1. The predicted octanol–water partition coefficient (Wildman–Crippen LogP) is 2.99. The van der Waals surface area contributed by atoms with E-state index in [0.29, 0.717) is 5.76 Å². The molecule has 1 N–H and O–H groups in total. The number of ether oxygens (including phenoxy) is 1. The molecule has 0 spiro atoms. The summed E-state index contributed by atoms with van der Waals surface area (Å²) < 4.78 is 22.8. The first-order valence-corrected chi connectivity index (χ1v) is 8.48. The lowest BCUT2D eigenvalue weighted by Gasteiger charge is -2.22. The van der Waals surface area contributed by atoms with Gasteiger partial charge in [-0.15, -0.1) is 0 Å². The van der Waals surface area contributed by atoms with Gasteiger partial charge in [-0.05, 0) is 33.3 Å². The van der Waals surface area contributed by atoms with Crippen LogP contribution in [0.4, 0.5) is 0 Å². The van der Waals surface area contributed by atoms with Crippen molar-refractivity contribution in [1.29, 1.82) is 0 Å². The first-order valence-electron chi connectivity index (χ1n) is 6.41. The standard InChI is InChI=1S/C13H22NO4P/c1-10(2)17-13(15)11(3)14-19(4,16)18-12-8-6-5-7-9-12/h5-6,8,10-11H,7,9H2,1-4H3,(H,14,16). The minimum Gasteiger partial charge on any atom is -0.462 e. The molecule has 5 nitrogen and oxygen atoms in total. The Morgan fingerprint density at radius 1 is 1.42 bits per heavy atom. The molecule has 108 valence electrons. The molecular formula is C13H22NO4P. The third-order valence-corrected chi connectivity index (χ3v) is 3.84. The van der Waals surface area contributed by atoms with E-state index < -0.39 is 19.5 Å². The summed E-state index contributed by atoms with van der Waals surface area (Å²) in [7, 11) is -3.07. The zero-order valence-electron chi connectivity index (χ0n) is 11.9. The Bertz CT molecular complexity index is 428. The quantitative estimate of drug-likeness (QED) is 0.601. The molecular weight excluding hydrogens is 265 g/mol. The molecule has 0 saturated heterocycles. The molecule has 0 heterocycles. The molecule has 1 aliphatic rings. The summed E-state index contributed by atoms with van der Waals surface area (Å²) in [5.41, 5.74) is 0. The first kappa shape index (κ1) is 16.0. The zero-order chi connectivity index (χ0) is 14.5. The largest absolute Gasteiger partial charge is 0.462 e. The van der Waals surface area contributed by atoms with Crippen LogP contribution in [-0.2, 0) is 18.6 Å². The molecule has 0 bridgehead atoms. The summed E-state index contributed by atoms with van der Waals surface area (Å²) >= 11 is 0. The number of hydrogen-bond acceptors (Lipinski definition) is 4. The van der Waals surface area contributed by atoms with Gasteiger partial charge in [-0.25, -0.2) is 5.09 Å². The monoisotopic (exact) mass is 287 g/mol. The van der Waals surface area contributed by atoms with E-state index in [9.17, 15) is 9.36 Å². The van der Waals surface area contributed by atoms with Crippen molar-refractivity contribution in [3.8, 4) is 0 Å². The highest BCUT2D eigenvalue weighted by molar-refractivity contribution is 7.56. The van der Waals surface area contributed by atoms with Crippen molar-refractivity contribution in [2.24, 2.45) is 0 Å². The lowest BCUT2D eigenvalue weighted by molar-refractivity contribution is -0.149. The van der Waals surface area contributed by atoms with Crippen molar-refractivity contribution in [2.45, 2.75) is 45.8 Å². The second kappa shape index (κ2) is 6.92. The molecule has 1 aliphatic carbocycles. The van der Waals surface area contributed by atoms with Gasteiger partial charge in [0.15, 0.2) is 0 Å². The predicted molar refractivity (Wildman–Crippen MR) is 74.9 cm³/mol. The van der Waals surface area contributed by atoms with Gasteiger partial charge in [0.25, 0.3) is 0 Å². The maximum atomic E-state index is 12.3. The van der Waals surface area contributed by atoms with Gasteiger partial charge < -0.3 is 9.26 Å². The molecule has 1 rings (SSSR count). The van der Waals surface area contributed by atoms with E-state index in [1.807, 2.05) is 12.2 Å². The molecule has 0 saturated carbocycles. The topological polar surface area (TPSA) is 64.6 Å². The molecule has 0 aromatic carbocycles. The Morgan fingerprint density at radius 3 is 2.63 bits per heavy atom. The highest BCUT2D eigenvalue weighted by atomic mass is 31.2. The maximum Gasteiger partial charge on any atom is 0.323 e. The SMILES string of the molecule is CC(C)OC(=O)C(C)NP(C)(=O)OC1=CC=CCC1. The van der Waals surface area contributed by atoms with Gasteiger partial charge in [0.2, 0.25) is 0 Å². The molecule has 0 fully saturated rings. The van der Waals surface area contributed by atoms with Gasteiger partial charge in [-0.2, -0.15) is 0 Å². The molecule has 2 atom stereocenters. The van der Waals surface area contributed by atoms with Crippen molar-refractivity contribution >= 4 is 13.5 Å². The van der Waals surface area contributed by atoms with Gasteiger partial charge in [-0.3, -0.25) is 9.36 Å². The molecule has 0 aromatic heterocycles. The first-order chi connectivity index (χ1) is 8.80. The molecule has 2 unspecified atom stereocenters. The second-order valence-corrected chi connectivity index (χ2v) is 7.01. The van der Waals surface area contributed by atoms with E-state index >= 15 is 0 Å². The molecule has 0 radical (unpaired) electrons. The van der Waals surface area contributed by atoms with E-state index in [0.717, 1.165) is 12.8 Å². The summed E-state index contributed by atoms with van der Waals surface area (Å²) in [5.74, 6) is 0.239. The highest BCUT2D eigenvalue weighted by Crippen LogP contribution is 2.42. The van der Waals surface area contributed by atoms with Crippen LogP contribution in [0.3, 0.4) is 0 Å². The van der Waals surface area contributed by atoms with Crippen LogP contribution in [0.25, 0.3) is 0 Å². The fourth-order valence-electron chi connectivity index (χ4n) is 1.65. The maximum absolute atomic E-state index is 12.3. The molecule has 19 heavy (non-hydrogen) atoms. The van der Waals surface area contributed by atoms with Gasteiger partial charge in [-0.1, -0.05) is 12.2 Å². The van der Waals surface area contributed by atoms with E-state index in [4.69, 9.17) is 9.26 Å². The van der Waals surface area contributed by atoms with Crippen LogP contribution in [0.5, 0.6) is 0 Å². The third-order valence-electron chi connectivity index (χ3n) is 2.40. The summed E-state index contributed by atoms with van der Waals surface area (Å²) in [6, 6.07) is -0.669. The number of esters is 1. The lowest BCUT2D eigenvalue weighted by Crippen LogP contribution is -2.34. The Balaban J connectivity index is 2.53. The lowest BCUT2D eigenvalue weighted by atomic mass is 10.2. The van der Waals surface area contributed by atoms with Crippen LogP contribution in [0.15, 0.2) is 24.0 Å². The number of rotatable bonds is 6. The summed E-state index contributed by atoms with van der Waals surface area (Å²) in [4.78, 5) is 11.6. The number of allylic oxidation sites excluding steroid dienone is 4. The summed E-state index contributed by atoms with van der Waals surface area (Å²) in [6.45, 7) is 6.61. The number of nitrogens with one attached hydrogen (secondary N) is 1. The van der Waals surface area contributed by atoms with E-state index in [1.165, 1.54) is 6.66 Å². The Hall–Kier alpha value is -1.06. The molecule has 0 aliphatic heterocycles. The van der Waals surface area contributed by atoms with Gasteiger partial charge in [0.05, 0.1) is 6.10 Å². The van der Waals surface area contributed by atoms with Crippen molar-refractivity contribution < 1.29 is 18.6 Å². The van der Waals surface area contributed by atoms with Crippen LogP contribution in [0.1, 0.15) is 33.6 Å². The second-order valence-electron chi connectivity index (χ2n) is 4.87. The third kappa shape index (κ3) is 6.08. The van der Waals surface area contributed by atoms with Gasteiger partial charge in [0.1, 0.15) is 11.8 Å². The van der Waals surface area contributed by atoms with Crippen molar-refractivity contribution in [1.82, 2.24) is 5.09 Å². The smallest absolute Gasteiger partial charge is 0.323 e. The summed E-state index contributed by atoms with van der Waals surface area (Å²) in [5, 5.41) is 2.70. The zero-order valence-corrected chi connectivity index (χ0v) is 12.8. The highest BCUT2D eigenvalue weighted by Gasteiger charge is 2.26. The van der Waals surface area contributed by atoms with Gasteiger partial charge >= 0.3 is 13.5 Å². The Labute approximate surface area is 114 Å². The fraction of sp³-hybridized carbons (Fsp3) is 0.615.